The molecule has 2 aromatic rings. The van der Waals surface area contributed by atoms with Gasteiger partial charge < -0.3 is 9.80 Å². The van der Waals surface area contributed by atoms with Gasteiger partial charge in [0.2, 0.25) is 11.8 Å². The summed E-state index contributed by atoms with van der Waals surface area (Å²) >= 11 is 0. The highest BCUT2D eigenvalue weighted by atomic mass is 16.2. The second-order valence-corrected chi connectivity index (χ2v) is 6.38. The van der Waals surface area contributed by atoms with Crippen LogP contribution >= 0.6 is 0 Å². The number of rotatable bonds is 3. The monoisotopic (exact) mass is 322 g/mol. The molecular formula is C20H22N2O2. The van der Waals surface area contributed by atoms with E-state index in [-0.39, 0.29) is 18.4 Å². The molecule has 24 heavy (non-hydrogen) atoms. The molecule has 1 aliphatic rings. The number of anilines is 2. The Balaban J connectivity index is 1.84. The quantitative estimate of drug-likeness (QED) is 0.870. The summed E-state index contributed by atoms with van der Waals surface area (Å²) in [7, 11) is 0. The zero-order valence-corrected chi connectivity index (χ0v) is 14.4. The van der Waals surface area contributed by atoms with E-state index in [4.69, 9.17) is 0 Å². The average Bonchev–Trinajstić information content (AvgIpc) is 2.95. The Hall–Kier alpha value is -2.62. The molecule has 0 aliphatic carbocycles. The molecule has 1 heterocycles. The maximum atomic E-state index is 12.8. The first kappa shape index (κ1) is 16.2. The van der Waals surface area contributed by atoms with Crippen molar-refractivity contribution in [2.75, 3.05) is 22.9 Å². The van der Waals surface area contributed by atoms with Gasteiger partial charge in [-0.3, -0.25) is 9.59 Å². The molecular weight excluding hydrogens is 300 g/mol. The van der Waals surface area contributed by atoms with E-state index < -0.39 is 0 Å². The molecule has 124 valence electrons. The van der Waals surface area contributed by atoms with E-state index in [9.17, 15) is 9.59 Å². The summed E-state index contributed by atoms with van der Waals surface area (Å²) in [6, 6.07) is 13.9. The minimum absolute atomic E-state index is 0.0469. The second kappa shape index (κ2) is 6.48. The van der Waals surface area contributed by atoms with Crippen molar-refractivity contribution in [3.05, 3.63) is 59.2 Å². The maximum Gasteiger partial charge on any atom is 0.247 e. The van der Waals surface area contributed by atoms with E-state index in [0.29, 0.717) is 6.54 Å². The Bertz CT molecular complexity index is 778. The van der Waals surface area contributed by atoms with Crippen LogP contribution in [-0.4, -0.2) is 24.9 Å². The third-order valence-corrected chi connectivity index (χ3v) is 4.38. The Morgan fingerprint density at radius 1 is 1.08 bits per heavy atom. The summed E-state index contributed by atoms with van der Waals surface area (Å²) in [5.74, 6) is -0.171. The van der Waals surface area contributed by atoms with Crippen LogP contribution in [0.15, 0.2) is 42.5 Å². The molecule has 0 bridgehead atoms. The first-order chi connectivity index (χ1) is 11.5. The Kier molecular flexibility index (Phi) is 4.38. The molecule has 0 radical (unpaired) electrons. The van der Waals surface area contributed by atoms with Crippen LogP contribution in [0.5, 0.6) is 0 Å². The molecule has 0 fully saturated rings. The van der Waals surface area contributed by atoms with Crippen LogP contribution in [0.25, 0.3) is 0 Å². The third kappa shape index (κ3) is 3.18. The molecule has 0 N–H and O–H groups in total. The number of para-hydroxylation sites is 1. The van der Waals surface area contributed by atoms with Crippen molar-refractivity contribution in [2.45, 2.75) is 27.2 Å². The minimum atomic E-state index is -0.124. The van der Waals surface area contributed by atoms with E-state index in [0.717, 1.165) is 28.9 Å². The molecule has 4 nitrogen and oxygen atoms in total. The van der Waals surface area contributed by atoms with Gasteiger partial charge in [0.15, 0.2) is 0 Å². The number of carbonyl (C=O) groups excluding carboxylic acids is 2. The van der Waals surface area contributed by atoms with Gasteiger partial charge in [-0.05, 0) is 55.2 Å². The Morgan fingerprint density at radius 3 is 2.42 bits per heavy atom. The lowest BCUT2D eigenvalue weighted by molar-refractivity contribution is -0.121. The molecule has 4 heteroatoms. The molecule has 0 unspecified atom stereocenters. The first-order valence-electron chi connectivity index (χ1n) is 8.20. The van der Waals surface area contributed by atoms with Gasteiger partial charge in [0, 0.05) is 24.8 Å². The normalized spacial score (nSPS) is 12.9. The summed E-state index contributed by atoms with van der Waals surface area (Å²) in [6.45, 7) is 6.23. The number of nitrogens with zero attached hydrogens (tertiary/aromatic N) is 2. The first-order valence-corrected chi connectivity index (χ1v) is 8.20. The van der Waals surface area contributed by atoms with Crippen molar-refractivity contribution in [1.29, 1.82) is 0 Å². The minimum Gasteiger partial charge on any atom is -0.310 e. The van der Waals surface area contributed by atoms with E-state index >= 15 is 0 Å². The summed E-state index contributed by atoms with van der Waals surface area (Å²) < 4.78 is 0. The van der Waals surface area contributed by atoms with Crippen LogP contribution in [0.4, 0.5) is 11.4 Å². The van der Waals surface area contributed by atoms with Gasteiger partial charge in [-0.2, -0.15) is 0 Å². The lowest BCUT2D eigenvalue weighted by atomic mass is 10.1. The summed E-state index contributed by atoms with van der Waals surface area (Å²) in [5.41, 5.74) is 5.09. The Morgan fingerprint density at radius 2 is 1.75 bits per heavy atom. The standard InChI is InChI=1S/C20H22N2O2/c1-14-10-15(2)12-18(11-14)22(16(3)23)13-20(24)21-9-8-17-6-4-5-7-19(17)21/h4-7,10-12H,8-9,13H2,1-3H3. The topological polar surface area (TPSA) is 40.6 Å². The molecule has 2 amide bonds. The van der Waals surface area contributed by atoms with E-state index in [1.54, 1.807) is 9.80 Å². The van der Waals surface area contributed by atoms with Crippen LogP contribution in [0.2, 0.25) is 0 Å². The molecule has 0 atom stereocenters. The predicted molar refractivity (Wildman–Crippen MR) is 96.4 cm³/mol. The highest BCUT2D eigenvalue weighted by molar-refractivity contribution is 6.04. The average molecular weight is 322 g/mol. The van der Waals surface area contributed by atoms with Gasteiger partial charge in [0.05, 0.1) is 0 Å². The number of carbonyl (C=O) groups is 2. The lowest BCUT2D eigenvalue weighted by Gasteiger charge is -2.25. The smallest absolute Gasteiger partial charge is 0.247 e. The number of hydrogen-bond acceptors (Lipinski definition) is 2. The van der Waals surface area contributed by atoms with Crippen LogP contribution in [0.3, 0.4) is 0 Å². The number of aryl methyl sites for hydroxylation is 2. The zero-order valence-electron chi connectivity index (χ0n) is 14.4. The van der Waals surface area contributed by atoms with E-state index in [1.165, 1.54) is 12.5 Å². The number of benzene rings is 2. The van der Waals surface area contributed by atoms with Crippen LogP contribution < -0.4 is 9.80 Å². The van der Waals surface area contributed by atoms with E-state index in [2.05, 4.69) is 12.1 Å². The summed E-state index contributed by atoms with van der Waals surface area (Å²) in [4.78, 5) is 28.3. The van der Waals surface area contributed by atoms with Gasteiger partial charge in [-0.25, -0.2) is 0 Å². The van der Waals surface area contributed by atoms with Gasteiger partial charge in [-0.15, -0.1) is 0 Å². The Labute approximate surface area is 142 Å². The van der Waals surface area contributed by atoms with Gasteiger partial charge >= 0.3 is 0 Å². The predicted octanol–water partition coefficient (Wildman–Crippen LogP) is 3.25. The number of hydrogen-bond donors (Lipinski definition) is 0. The lowest BCUT2D eigenvalue weighted by Crippen LogP contribution is -2.41. The largest absolute Gasteiger partial charge is 0.310 e. The molecule has 0 spiro atoms. The van der Waals surface area contributed by atoms with Crippen molar-refractivity contribution in [3.8, 4) is 0 Å². The molecule has 0 saturated carbocycles. The fourth-order valence-electron chi connectivity index (χ4n) is 3.31. The molecule has 0 saturated heterocycles. The van der Waals surface area contributed by atoms with Gasteiger partial charge in [0.25, 0.3) is 0 Å². The van der Waals surface area contributed by atoms with Gasteiger partial charge in [-0.1, -0.05) is 24.3 Å². The highest BCUT2D eigenvalue weighted by Gasteiger charge is 2.26. The van der Waals surface area contributed by atoms with Gasteiger partial charge in [0.1, 0.15) is 6.54 Å². The van der Waals surface area contributed by atoms with Crippen LogP contribution in [0, 0.1) is 13.8 Å². The highest BCUT2D eigenvalue weighted by Crippen LogP contribution is 2.28. The van der Waals surface area contributed by atoms with Crippen molar-refractivity contribution in [2.24, 2.45) is 0 Å². The number of amides is 2. The molecule has 3 rings (SSSR count). The van der Waals surface area contributed by atoms with Crippen LogP contribution in [-0.2, 0) is 16.0 Å². The van der Waals surface area contributed by atoms with Crippen molar-refractivity contribution < 1.29 is 9.59 Å². The van der Waals surface area contributed by atoms with Crippen molar-refractivity contribution in [3.63, 3.8) is 0 Å². The fourth-order valence-corrected chi connectivity index (χ4v) is 3.31. The summed E-state index contributed by atoms with van der Waals surface area (Å²) in [6.07, 6.45) is 0.867. The van der Waals surface area contributed by atoms with E-state index in [1.807, 2.05) is 44.2 Å². The van der Waals surface area contributed by atoms with Crippen molar-refractivity contribution in [1.82, 2.24) is 0 Å². The third-order valence-electron chi connectivity index (χ3n) is 4.38. The second-order valence-electron chi connectivity index (χ2n) is 6.38. The zero-order chi connectivity index (χ0) is 17.3. The number of fused-ring (bicyclic) bond motifs is 1. The van der Waals surface area contributed by atoms with Crippen LogP contribution in [0.1, 0.15) is 23.6 Å². The van der Waals surface area contributed by atoms with Crippen molar-refractivity contribution >= 4 is 23.2 Å². The SMILES string of the molecule is CC(=O)N(CC(=O)N1CCc2ccccc21)c1cc(C)cc(C)c1. The fraction of sp³-hybridized carbons (Fsp3) is 0.300. The summed E-state index contributed by atoms with van der Waals surface area (Å²) in [5, 5.41) is 0. The maximum absolute atomic E-state index is 12.8. The molecule has 0 aromatic heterocycles. The molecule has 2 aromatic carbocycles. The molecule has 1 aliphatic heterocycles.